The number of para-hydroxylation sites is 1. The summed E-state index contributed by atoms with van der Waals surface area (Å²) in [5.74, 6) is 0.322. The molecule has 1 rings (SSSR count). The predicted molar refractivity (Wildman–Crippen MR) is 57.8 cm³/mol. The average molecular weight is 178 g/mol. The van der Waals surface area contributed by atoms with E-state index in [2.05, 4.69) is 26.0 Å². The first-order valence-corrected chi connectivity index (χ1v) is 4.66. The molecule has 1 N–H and O–H groups in total. The number of phenolic OH excluding ortho intramolecular Hbond substituents is 1. The Morgan fingerprint density at radius 3 is 2.08 bits per heavy atom. The van der Waals surface area contributed by atoms with Gasteiger partial charge < -0.3 is 5.11 Å². The van der Waals surface area contributed by atoms with E-state index in [0.717, 1.165) is 0 Å². The van der Waals surface area contributed by atoms with E-state index in [1.165, 1.54) is 12.8 Å². The van der Waals surface area contributed by atoms with Gasteiger partial charge >= 0.3 is 0 Å². The molecule has 0 spiro atoms. The van der Waals surface area contributed by atoms with Crippen molar-refractivity contribution in [3.8, 4) is 5.75 Å². The monoisotopic (exact) mass is 178 g/mol. The van der Waals surface area contributed by atoms with E-state index in [-0.39, 0.29) is 0 Å². The zero-order valence-electron chi connectivity index (χ0n) is 8.40. The highest BCUT2D eigenvalue weighted by atomic mass is 16.3. The van der Waals surface area contributed by atoms with Crippen LogP contribution in [0.1, 0.15) is 26.7 Å². The van der Waals surface area contributed by atoms with Crippen molar-refractivity contribution in [2.75, 3.05) is 0 Å². The molecule has 0 bridgehead atoms. The Kier molecular flexibility index (Phi) is 8.01. The van der Waals surface area contributed by atoms with Gasteiger partial charge in [-0.3, -0.25) is 0 Å². The van der Waals surface area contributed by atoms with Crippen LogP contribution in [0.4, 0.5) is 0 Å². The van der Waals surface area contributed by atoms with Gasteiger partial charge in [0.05, 0.1) is 0 Å². The fraction of sp³-hybridized carbons (Fsp3) is 0.333. The molecule has 0 heterocycles. The molecule has 1 aromatic carbocycles. The zero-order chi connectivity index (χ0) is 9.94. The van der Waals surface area contributed by atoms with Crippen LogP contribution in [-0.2, 0) is 0 Å². The van der Waals surface area contributed by atoms with Gasteiger partial charge in [0.2, 0.25) is 0 Å². The van der Waals surface area contributed by atoms with Crippen molar-refractivity contribution in [3.63, 3.8) is 0 Å². The first-order chi connectivity index (χ1) is 6.31. The van der Waals surface area contributed by atoms with Crippen molar-refractivity contribution >= 4 is 0 Å². The molecule has 0 radical (unpaired) electrons. The molecule has 1 heteroatoms. The lowest BCUT2D eigenvalue weighted by molar-refractivity contribution is 0.475. The number of benzene rings is 1. The Hall–Kier alpha value is -1.24. The van der Waals surface area contributed by atoms with Gasteiger partial charge in [0.25, 0.3) is 0 Å². The number of hydrogen-bond donors (Lipinski definition) is 1. The van der Waals surface area contributed by atoms with Crippen LogP contribution < -0.4 is 0 Å². The molecule has 13 heavy (non-hydrogen) atoms. The second kappa shape index (κ2) is 8.85. The summed E-state index contributed by atoms with van der Waals surface area (Å²) in [6.45, 7) is 4.23. The third kappa shape index (κ3) is 8.67. The molecule has 0 aliphatic carbocycles. The molecule has 1 nitrogen and oxygen atoms in total. The quantitative estimate of drug-likeness (QED) is 0.684. The molecule has 0 aliphatic rings. The number of hydrogen-bond acceptors (Lipinski definition) is 1. The van der Waals surface area contributed by atoms with E-state index in [1.54, 1.807) is 24.3 Å². The largest absolute Gasteiger partial charge is 0.508 e. The summed E-state index contributed by atoms with van der Waals surface area (Å²) in [6, 6.07) is 8.71. The number of phenols is 1. The van der Waals surface area contributed by atoms with Gasteiger partial charge in [-0.05, 0) is 25.5 Å². The molecular formula is C12H18O. The maximum Gasteiger partial charge on any atom is 0.115 e. The smallest absolute Gasteiger partial charge is 0.115 e. The molecule has 0 aromatic heterocycles. The number of allylic oxidation sites excluding steroid dienone is 2. The summed E-state index contributed by atoms with van der Waals surface area (Å²) in [5, 5.41) is 8.63. The number of rotatable bonds is 2. The third-order valence-electron chi connectivity index (χ3n) is 1.45. The first kappa shape index (κ1) is 11.8. The number of unbranched alkanes of at least 4 members (excludes halogenated alkanes) is 1. The molecular weight excluding hydrogens is 160 g/mol. The minimum Gasteiger partial charge on any atom is -0.508 e. The minimum absolute atomic E-state index is 0.322. The topological polar surface area (TPSA) is 20.2 Å². The van der Waals surface area contributed by atoms with Crippen molar-refractivity contribution in [3.05, 3.63) is 42.5 Å². The fourth-order valence-electron chi connectivity index (χ4n) is 0.761. The van der Waals surface area contributed by atoms with E-state index >= 15 is 0 Å². The fourth-order valence-corrected chi connectivity index (χ4v) is 0.761. The summed E-state index contributed by atoms with van der Waals surface area (Å²) in [6.07, 6.45) is 6.77. The van der Waals surface area contributed by atoms with Crippen molar-refractivity contribution < 1.29 is 5.11 Å². The SMILES string of the molecule is CC=CCCC.Oc1ccccc1. The summed E-state index contributed by atoms with van der Waals surface area (Å²) >= 11 is 0. The molecule has 0 unspecified atom stereocenters. The van der Waals surface area contributed by atoms with Gasteiger partial charge in [0.1, 0.15) is 5.75 Å². The first-order valence-electron chi connectivity index (χ1n) is 4.66. The van der Waals surface area contributed by atoms with Gasteiger partial charge in [-0.2, -0.15) is 0 Å². The van der Waals surface area contributed by atoms with Gasteiger partial charge in [0, 0.05) is 0 Å². The van der Waals surface area contributed by atoms with Crippen molar-refractivity contribution in [1.29, 1.82) is 0 Å². The molecule has 0 atom stereocenters. The van der Waals surface area contributed by atoms with Crippen LogP contribution in [0.15, 0.2) is 42.5 Å². The van der Waals surface area contributed by atoms with Crippen LogP contribution >= 0.6 is 0 Å². The van der Waals surface area contributed by atoms with Crippen molar-refractivity contribution in [2.24, 2.45) is 0 Å². The maximum atomic E-state index is 8.63. The lowest BCUT2D eigenvalue weighted by Crippen LogP contribution is -1.56. The minimum atomic E-state index is 0.322. The normalized spacial score (nSPS) is 9.38. The van der Waals surface area contributed by atoms with Crippen LogP contribution in [0.2, 0.25) is 0 Å². The van der Waals surface area contributed by atoms with Gasteiger partial charge in [-0.25, -0.2) is 0 Å². The van der Waals surface area contributed by atoms with Crippen LogP contribution in [0.5, 0.6) is 5.75 Å². The molecule has 0 saturated heterocycles. The summed E-state index contributed by atoms with van der Waals surface area (Å²) in [4.78, 5) is 0. The lowest BCUT2D eigenvalue weighted by Gasteiger charge is -1.82. The zero-order valence-corrected chi connectivity index (χ0v) is 8.40. The van der Waals surface area contributed by atoms with Crippen molar-refractivity contribution in [1.82, 2.24) is 0 Å². The van der Waals surface area contributed by atoms with E-state index in [1.807, 2.05) is 6.07 Å². The van der Waals surface area contributed by atoms with Crippen LogP contribution in [0, 0.1) is 0 Å². The molecule has 1 aromatic rings. The summed E-state index contributed by atoms with van der Waals surface area (Å²) in [5.41, 5.74) is 0. The Labute approximate surface area is 80.7 Å². The van der Waals surface area contributed by atoms with E-state index in [0.29, 0.717) is 5.75 Å². The van der Waals surface area contributed by atoms with Crippen LogP contribution in [0.3, 0.4) is 0 Å². The standard InChI is InChI=1S/C6H6O.C6H12/c7-6-4-2-1-3-5-6;1-3-5-6-4-2/h1-5,7H;3,5H,4,6H2,1-2H3. The maximum absolute atomic E-state index is 8.63. The highest BCUT2D eigenvalue weighted by molar-refractivity contribution is 5.18. The second-order valence-electron chi connectivity index (χ2n) is 2.69. The Bertz CT molecular complexity index is 214. The third-order valence-corrected chi connectivity index (χ3v) is 1.45. The lowest BCUT2D eigenvalue weighted by atomic mass is 10.3. The Balaban J connectivity index is 0.000000226. The van der Waals surface area contributed by atoms with Crippen LogP contribution in [0.25, 0.3) is 0 Å². The van der Waals surface area contributed by atoms with Crippen molar-refractivity contribution in [2.45, 2.75) is 26.7 Å². The Morgan fingerprint density at radius 2 is 1.85 bits per heavy atom. The van der Waals surface area contributed by atoms with Crippen LogP contribution in [-0.4, -0.2) is 5.11 Å². The predicted octanol–water partition coefficient (Wildman–Crippen LogP) is 3.75. The summed E-state index contributed by atoms with van der Waals surface area (Å²) < 4.78 is 0. The molecule has 0 saturated carbocycles. The van der Waals surface area contributed by atoms with Gasteiger partial charge in [-0.15, -0.1) is 0 Å². The molecule has 0 fully saturated rings. The Morgan fingerprint density at radius 1 is 1.23 bits per heavy atom. The number of aromatic hydroxyl groups is 1. The van der Waals surface area contributed by atoms with Gasteiger partial charge in [0.15, 0.2) is 0 Å². The molecule has 0 amide bonds. The van der Waals surface area contributed by atoms with E-state index in [9.17, 15) is 0 Å². The van der Waals surface area contributed by atoms with Gasteiger partial charge in [-0.1, -0.05) is 43.7 Å². The summed E-state index contributed by atoms with van der Waals surface area (Å²) in [7, 11) is 0. The second-order valence-corrected chi connectivity index (χ2v) is 2.69. The van der Waals surface area contributed by atoms with E-state index < -0.39 is 0 Å². The van der Waals surface area contributed by atoms with E-state index in [4.69, 9.17) is 5.11 Å². The highest BCUT2D eigenvalue weighted by Gasteiger charge is 1.74. The molecule has 72 valence electrons. The highest BCUT2D eigenvalue weighted by Crippen LogP contribution is 2.02. The molecule has 0 aliphatic heterocycles. The average Bonchev–Trinajstić information content (AvgIpc) is 2.17.